The number of nitrogens with zero attached hydrogens (tertiary/aromatic N) is 2. The van der Waals surface area contributed by atoms with Crippen molar-refractivity contribution in [1.82, 2.24) is 5.16 Å². The summed E-state index contributed by atoms with van der Waals surface area (Å²) in [6.45, 7) is 5.97. The Balaban J connectivity index is 2.47. The average Bonchev–Trinajstić information content (AvgIpc) is 2.88. The van der Waals surface area contributed by atoms with Crippen LogP contribution in [0.5, 0.6) is 0 Å². The van der Waals surface area contributed by atoms with Crippen molar-refractivity contribution in [3.05, 3.63) is 41.7 Å². The number of aromatic nitrogens is 1. The van der Waals surface area contributed by atoms with Crippen LogP contribution in [0.15, 0.2) is 34.9 Å². The van der Waals surface area contributed by atoms with E-state index < -0.39 is 6.03 Å². The number of hydrogen-bond acceptors (Lipinski definition) is 3. The molecule has 0 radical (unpaired) electrons. The SMILES string of the molecule is C#Cc1cccc(N(C(N)=O)c2cc(C(C)(C)C)on2)c1. The summed E-state index contributed by atoms with van der Waals surface area (Å²) >= 11 is 0. The number of urea groups is 1. The summed E-state index contributed by atoms with van der Waals surface area (Å²) in [7, 11) is 0. The van der Waals surface area contributed by atoms with Gasteiger partial charge in [-0.05, 0) is 18.2 Å². The van der Waals surface area contributed by atoms with Crippen molar-refractivity contribution >= 4 is 17.5 Å². The van der Waals surface area contributed by atoms with E-state index in [1.807, 2.05) is 20.8 Å². The highest BCUT2D eigenvalue weighted by atomic mass is 16.5. The summed E-state index contributed by atoms with van der Waals surface area (Å²) in [4.78, 5) is 13.0. The molecule has 0 spiro atoms. The summed E-state index contributed by atoms with van der Waals surface area (Å²) in [5.74, 6) is 3.52. The van der Waals surface area contributed by atoms with Crippen molar-refractivity contribution in [2.24, 2.45) is 5.73 Å². The van der Waals surface area contributed by atoms with Crippen LogP contribution < -0.4 is 10.6 Å². The molecule has 0 fully saturated rings. The molecule has 1 aromatic heterocycles. The molecule has 108 valence electrons. The number of hydrogen-bond donors (Lipinski definition) is 1. The third-order valence-electron chi connectivity index (χ3n) is 2.96. The van der Waals surface area contributed by atoms with Crippen molar-refractivity contribution in [3.63, 3.8) is 0 Å². The minimum Gasteiger partial charge on any atom is -0.359 e. The number of anilines is 2. The zero-order chi connectivity index (χ0) is 15.6. The second-order valence-electron chi connectivity index (χ2n) is 5.67. The summed E-state index contributed by atoms with van der Waals surface area (Å²) < 4.78 is 5.30. The van der Waals surface area contributed by atoms with Crippen LogP contribution in [0.4, 0.5) is 16.3 Å². The maximum atomic E-state index is 11.8. The highest BCUT2D eigenvalue weighted by Gasteiger charge is 2.24. The molecule has 0 aliphatic rings. The molecule has 0 aliphatic heterocycles. The number of terminal acetylenes is 1. The van der Waals surface area contributed by atoms with E-state index in [2.05, 4.69) is 11.1 Å². The van der Waals surface area contributed by atoms with Crippen molar-refractivity contribution in [1.29, 1.82) is 0 Å². The first-order chi connectivity index (χ1) is 9.82. The predicted molar refractivity (Wildman–Crippen MR) is 81.3 cm³/mol. The van der Waals surface area contributed by atoms with Gasteiger partial charge >= 0.3 is 6.03 Å². The quantitative estimate of drug-likeness (QED) is 0.860. The Bertz CT molecular complexity index is 705. The van der Waals surface area contributed by atoms with Crippen molar-refractivity contribution in [2.45, 2.75) is 26.2 Å². The van der Waals surface area contributed by atoms with E-state index in [0.717, 1.165) is 0 Å². The Hall–Kier alpha value is -2.74. The van der Waals surface area contributed by atoms with Crippen LogP contribution in [0.2, 0.25) is 0 Å². The highest BCUT2D eigenvalue weighted by Crippen LogP contribution is 2.30. The van der Waals surface area contributed by atoms with Gasteiger partial charge in [-0.2, -0.15) is 0 Å². The molecule has 0 atom stereocenters. The van der Waals surface area contributed by atoms with E-state index in [1.165, 1.54) is 4.90 Å². The largest absolute Gasteiger partial charge is 0.359 e. The zero-order valence-corrected chi connectivity index (χ0v) is 12.3. The summed E-state index contributed by atoms with van der Waals surface area (Å²) in [6.07, 6.45) is 5.38. The molecule has 1 heterocycles. The number of nitrogens with two attached hydrogens (primary N) is 1. The lowest BCUT2D eigenvalue weighted by Gasteiger charge is -2.17. The second-order valence-corrected chi connectivity index (χ2v) is 5.67. The Morgan fingerprint density at radius 2 is 2.10 bits per heavy atom. The molecule has 1 aromatic carbocycles. The Morgan fingerprint density at radius 1 is 1.38 bits per heavy atom. The third kappa shape index (κ3) is 3.06. The first kappa shape index (κ1) is 14.7. The first-order valence-corrected chi connectivity index (χ1v) is 6.46. The molecule has 5 nitrogen and oxygen atoms in total. The van der Waals surface area contributed by atoms with Gasteiger partial charge in [0, 0.05) is 17.0 Å². The molecule has 0 saturated carbocycles. The van der Waals surface area contributed by atoms with E-state index in [9.17, 15) is 4.79 Å². The molecule has 5 heteroatoms. The highest BCUT2D eigenvalue weighted by molar-refractivity contribution is 5.97. The monoisotopic (exact) mass is 283 g/mol. The fourth-order valence-electron chi connectivity index (χ4n) is 1.83. The van der Waals surface area contributed by atoms with Gasteiger partial charge in [-0.1, -0.05) is 37.9 Å². The lowest BCUT2D eigenvalue weighted by atomic mass is 9.93. The van der Waals surface area contributed by atoms with Gasteiger partial charge in [-0.25, -0.2) is 9.69 Å². The van der Waals surface area contributed by atoms with Crippen LogP contribution in [0, 0.1) is 12.3 Å². The second kappa shape index (κ2) is 5.33. The number of rotatable bonds is 2. The van der Waals surface area contributed by atoms with Gasteiger partial charge < -0.3 is 10.3 Å². The molecule has 2 aromatic rings. The molecule has 2 N–H and O–H groups in total. The van der Waals surface area contributed by atoms with Crippen LogP contribution in [-0.4, -0.2) is 11.2 Å². The average molecular weight is 283 g/mol. The van der Waals surface area contributed by atoms with Crippen LogP contribution in [0.25, 0.3) is 0 Å². The van der Waals surface area contributed by atoms with Gasteiger partial charge in [0.25, 0.3) is 0 Å². The normalized spacial score (nSPS) is 11.0. The first-order valence-electron chi connectivity index (χ1n) is 6.46. The Morgan fingerprint density at radius 3 is 2.62 bits per heavy atom. The van der Waals surface area contributed by atoms with Gasteiger partial charge in [-0.15, -0.1) is 6.42 Å². The standard InChI is InChI=1S/C16H17N3O2/c1-5-11-7-6-8-12(9-11)19(15(17)20)14-10-13(21-18-14)16(2,3)4/h1,6-10H,2-4H3,(H2,17,20). The fraction of sp³-hybridized carbons (Fsp3) is 0.250. The van der Waals surface area contributed by atoms with E-state index in [1.54, 1.807) is 30.3 Å². The van der Waals surface area contributed by atoms with Gasteiger partial charge in [0.05, 0.1) is 5.69 Å². The fourth-order valence-corrected chi connectivity index (χ4v) is 1.83. The maximum absolute atomic E-state index is 11.8. The van der Waals surface area contributed by atoms with Crippen molar-refractivity contribution in [2.75, 3.05) is 4.90 Å². The number of primary amides is 1. The lowest BCUT2D eigenvalue weighted by molar-refractivity contribution is 0.255. The smallest absolute Gasteiger partial charge is 0.325 e. The van der Waals surface area contributed by atoms with Crippen LogP contribution >= 0.6 is 0 Å². The predicted octanol–water partition coefficient (Wildman–Crippen LogP) is 3.17. The van der Waals surface area contributed by atoms with Gasteiger partial charge in [0.15, 0.2) is 5.82 Å². The summed E-state index contributed by atoms with van der Waals surface area (Å²) in [5.41, 5.74) is 6.45. The van der Waals surface area contributed by atoms with E-state index in [0.29, 0.717) is 22.8 Å². The molecular formula is C16H17N3O2. The topological polar surface area (TPSA) is 72.4 Å². The number of amides is 2. The van der Waals surface area contributed by atoms with Crippen LogP contribution in [0.3, 0.4) is 0 Å². The van der Waals surface area contributed by atoms with E-state index >= 15 is 0 Å². The molecule has 21 heavy (non-hydrogen) atoms. The minimum absolute atomic E-state index is 0.213. The van der Waals surface area contributed by atoms with Crippen LogP contribution in [-0.2, 0) is 5.41 Å². The van der Waals surface area contributed by atoms with Gasteiger partial charge in [-0.3, -0.25) is 0 Å². The molecule has 0 unspecified atom stereocenters. The summed E-state index contributed by atoms with van der Waals surface area (Å²) in [6, 6.07) is 8.00. The number of benzene rings is 1. The van der Waals surface area contributed by atoms with Crippen molar-refractivity contribution in [3.8, 4) is 12.3 Å². The molecular weight excluding hydrogens is 266 g/mol. The zero-order valence-electron chi connectivity index (χ0n) is 12.3. The Kier molecular flexibility index (Phi) is 3.72. The third-order valence-corrected chi connectivity index (χ3v) is 2.96. The van der Waals surface area contributed by atoms with Crippen LogP contribution in [0.1, 0.15) is 32.1 Å². The Labute approximate surface area is 123 Å². The van der Waals surface area contributed by atoms with E-state index in [-0.39, 0.29) is 5.41 Å². The van der Waals surface area contributed by atoms with Crippen molar-refractivity contribution < 1.29 is 9.32 Å². The maximum Gasteiger partial charge on any atom is 0.325 e. The molecule has 0 bridgehead atoms. The number of carbonyl (C=O) groups excluding carboxylic acids is 1. The molecule has 0 aliphatic carbocycles. The van der Waals surface area contributed by atoms with Gasteiger partial charge in [0.1, 0.15) is 5.76 Å². The van der Waals surface area contributed by atoms with Gasteiger partial charge in [0.2, 0.25) is 0 Å². The molecule has 0 saturated heterocycles. The minimum atomic E-state index is -0.655. The van der Waals surface area contributed by atoms with E-state index in [4.69, 9.17) is 16.7 Å². The number of carbonyl (C=O) groups is 1. The molecule has 2 amide bonds. The lowest BCUT2D eigenvalue weighted by Crippen LogP contribution is -2.31. The summed E-state index contributed by atoms with van der Waals surface area (Å²) in [5, 5.41) is 3.93. The molecule has 2 rings (SSSR count).